The molecule has 0 saturated carbocycles. The summed E-state index contributed by atoms with van der Waals surface area (Å²) in [6.45, 7) is 0. The fourth-order valence-corrected chi connectivity index (χ4v) is 1.68. The molecule has 0 atom stereocenters. The highest BCUT2D eigenvalue weighted by atomic mass is 32.2. The van der Waals surface area contributed by atoms with Gasteiger partial charge < -0.3 is 5.73 Å². The number of aromatic amines is 1. The van der Waals surface area contributed by atoms with Crippen molar-refractivity contribution in [2.24, 2.45) is 0 Å². The fraction of sp³-hybridized carbons (Fsp3) is 0. The van der Waals surface area contributed by atoms with Gasteiger partial charge in [-0.25, -0.2) is 0 Å². The molecule has 14 heavy (non-hydrogen) atoms. The zero-order valence-electron chi connectivity index (χ0n) is 6.93. The molecule has 1 heterocycles. The van der Waals surface area contributed by atoms with E-state index in [1.165, 1.54) is 18.2 Å². The van der Waals surface area contributed by atoms with E-state index in [1.54, 1.807) is 0 Å². The van der Waals surface area contributed by atoms with Crippen LogP contribution in [0.5, 0.6) is 0 Å². The molecule has 0 spiro atoms. The second-order valence-corrected chi connectivity index (χ2v) is 4.21. The van der Waals surface area contributed by atoms with Crippen molar-refractivity contribution in [3.8, 4) is 0 Å². The number of nitrogen functional groups attached to an aromatic ring is 1. The van der Waals surface area contributed by atoms with E-state index in [2.05, 4.69) is 10.2 Å². The fourth-order valence-electron chi connectivity index (χ4n) is 1.17. The maximum atomic E-state index is 10.8. The summed E-state index contributed by atoms with van der Waals surface area (Å²) in [4.78, 5) is -0.196. The number of nitrogens with two attached hydrogens (primary N) is 1. The number of aromatic nitrogens is 2. The molecule has 0 aliphatic carbocycles. The summed E-state index contributed by atoms with van der Waals surface area (Å²) < 4.78 is 30.4. The third-order valence-electron chi connectivity index (χ3n) is 1.86. The van der Waals surface area contributed by atoms with E-state index >= 15 is 0 Å². The van der Waals surface area contributed by atoms with Gasteiger partial charge in [0.2, 0.25) is 0 Å². The molecule has 74 valence electrons. The lowest BCUT2D eigenvalue weighted by molar-refractivity contribution is 0.483. The van der Waals surface area contributed by atoms with E-state index in [0.29, 0.717) is 10.9 Å². The molecule has 0 fully saturated rings. The van der Waals surface area contributed by atoms with Crippen LogP contribution in [0.15, 0.2) is 23.1 Å². The van der Waals surface area contributed by atoms with Crippen LogP contribution in [0.3, 0.4) is 0 Å². The van der Waals surface area contributed by atoms with Gasteiger partial charge in [-0.1, -0.05) is 0 Å². The predicted molar refractivity (Wildman–Crippen MR) is 50.3 cm³/mol. The van der Waals surface area contributed by atoms with Crippen LogP contribution in [0.4, 0.5) is 5.82 Å². The zero-order chi connectivity index (χ0) is 10.3. The van der Waals surface area contributed by atoms with Crippen LogP contribution in [0.25, 0.3) is 10.9 Å². The Labute approximate surface area is 79.5 Å². The quantitative estimate of drug-likeness (QED) is 0.594. The predicted octanol–water partition coefficient (Wildman–Crippen LogP) is 0.392. The number of rotatable bonds is 1. The third-order valence-corrected chi connectivity index (χ3v) is 2.71. The first kappa shape index (κ1) is 8.97. The van der Waals surface area contributed by atoms with Gasteiger partial charge in [-0.15, -0.1) is 0 Å². The summed E-state index contributed by atoms with van der Waals surface area (Å²) in [5, 5.41) is 6.78. The summed E-state index contributed by atoms with van der Waals surface area (Å²) in [5.74, 6) is 0.200. The van der Waals surface area contributed by atoms with Crippen LogP contribution in [0.1, 0.15) is 0 Å². The molecule has 2 aromatic rings. The summed E-state index contributed by atoms with van der Waals surface area (Å²) in [7, 11) is -4.19. The van der Waals surface area contributed by atoms with Crippen molar-refractivity contribution in [1.82, 2.24) is 10.2 Å². The van der Waals surface area contributed by atoms with E-state index in [-0.39, 0.29) is 10.7 Å². The standard InChI is InChI=1S/C7H7N3O3S/c8-7-5-3-4(14(11,12)13)1-2-6(5)9-10-7/h1-3H,(H3,8,9,10)(H,11,12,13). The molecular formula is C7H7N3O3S. The third kappa shape index (κ3) is 1.32. The van der Waals surface area contributed by atoms with Crippen molar-refractivity contribution < 1.29 is 13.0 Å². The Morgan fingerprint density at radius 3 is 2.79 bits per heavy atom. The molecule has 0 saturated heterocycles. The molecule has 0 aliphatic rings. The minimum atomic E-state index is -4.19. The Balaban J connectivity index is 2.79. The van der Waals surface area contributed by atoms with Gasteiger partial charge in [-0.05, 0) is 18.2 Å². The lowest BCUT2D eigenvalue weighted by atomic mass is 10.2. The van der Waals surface area contributed by atoms with Crippen LogP contribution in [0.2, 0.25) is 0 Å². The van der Waals surface area contributed by atoms with Gasteiger partial charge in [0.1, 0.15) is 0 Å². The number of H-pyrrole nitrogens is 1. The van der Waals surface area contributed by atoms with Crippen molar-refractivity contribution in [2.45, 2.75) is 4.90 Å². The van der Waals surface area contributed by atoms with Crippen LogP contribution < -0.4 is 5.73 Å². The minimum absolute atomic E-state index is 0.196. The Kier molecular flexibility index (Phi) is 1.73. The van der Waals surface area contributed by atoms with Gasteiger partial charge in [0, 0.05) is 5.39 Å². The van der Waals surface area contributed by atoms with E-state index in [1.807, 2.05) is 0 Å². The first-order valence-electron chi connectivity index (χ1n) is 3.69. The Morgan fingerprint density at radius 1 is 1.43 bits per heavy atom. The average molecular weight is 213 g/mol. The second-order valence-electron chi connectivity index (χ2n) is 2.79. The van der Waals surface area contributed by atoms with Gasteiger partial charge in [-0.3, -0.25) is 9.65 Å². The van der Waals surface area contributed by atoms with Crippen LogP contribution in [0, 0.1) is 0 Å². The highest BCUT2D eigenvalue weighted by molar-refractivity contribution is 7.85. The topological polar surface area (TPSA) is 109 Å². The summed E-state index contributed by atoms with van der Waals surface area (Å²) in [5.41, 5.74) is 6.09. The lowest BCUT2D eigenvalue weighted by Crippen LogP contribution is -1.97. The maximum Gasteiger partial charge on any atom is 0.294 e. The first-order chi connectivity index (χ1) is 6.48. The van der Waals surface area contributed by atoms with Crippen molar-refractivity contribution in [2.75, 3.05) is 5.73 Å². The number of nitrogens with zero attached hydrogens (tertiary/aromatic N) is 1. The van der Waals surface area contributed by atoms with E-state index in [4.69, 9.17) is 10.3 Å². The number of hydrogen-bond acceptors (Lipinski definition) is 4. The minimum Gasteiger partial charge on any atom is -0.382 e. The molecule has 0 bridgehead atoms. The molecule has 0 radical (unpaired) electrons. The van der Waals surface area contributed by atoms with Gasteiger partial charge >= 0.3 is 0 Å². The molecule has 0 amide bonds. The molecule has 0 unspecified atom stereocenters. The molecule has 1 aromatic carbocycles. The maximum absolute atomic E-state index is 10.8. The van der Waals surface area contributed by atoms with Gasteiger partial charge in [-0.2, -0.15) is 13.5 Å². The van der Waals surface area contributed by atoms with Gasteiger partial charge in [0.05, 0.1) is 10.4 Å². The van der Waals surface area contributed by atoms with Crippen LogP contribution >= 0.6 is 0 Å². The molecule has 1 aromatic heterocycles. The lowest BCUT2D eigenvalue weighted by Gasteiger charge is -1.96. The summed E-state index contributed by atoms with van der Waals surface area (Å²) in [6.07, 6.45) is 0. The number of anilines is 1. The molecular weight excluding hydrogens is 206 g/mol. The normalized spacial score (nSPS) is 12.1. The first-order valence-corrected chi connectivity index (χ1v) is 5.13. The van der Waals surface area contributed by atoms with Crippen molar-refractivity contribution in [3.63, 3.8) is 0 Å². The Morgan fingerprint density at radius 2 is 2.14 bits per heavy atom. The van der Waals surface area contributed by atoms with Crippen molar-refractivity contribution in [1.29, 1.82) is 0 Å². The molecule has 6 nitrogen and oxygen atoms in total. The molecule has 2 rings (SSSR count). The monoisotopic (exact) mass is 213 g/mol. The Bertz CT molecular complexity index is 587. The van der Waals surface area contributed by atoms with E-state index in [0.717, 1.165) is 0 Å². The van der Waals surface area contributed by atoms with Crippen molar-refractivity contribution >= 4 is 26.8 Å². The van der Waals surface area contributed by atoms with E-state index < -0.39 is 10.1 Å². The smallest absolute Gasteiger partial charge is 0.294 e. The summed E-state index contributed by atoms with van der Waals surface area (Å²) in [6, 6.07) is 4.03. The highest BCUT2D eigenvalue weighted by Gasteiger charge is 2.11. The van der Waals surface area contributed by atoms with Gasteiger partial charge in [0.25, 0.3) is 10.1 Å². The number of fused-ring (bicyclic) bond motifs is 1. The highest BCUT2D eigenvalue weighted by Crippen LogP contribution is 2.21. The largest absolute Gasteiger partial charge is 0.382 e. The second kappa shape index (κ2) is 2.69. The zero-order valence-corrected chi connectivity index (χ0v) is 7.75. The van der Waals surface area contributed by atoms with E-state index in [9.17, 15) is 8.42 Å². The summed E-state index contributed by atoms with van der Waals surface area (Å²) >= 11 is 0. The number of nitrogens with one attached hydrogen (secondary N) is 1. The SMILES string of the molecule is Nc1n[nH]c2ccc(S(=O)(=O)O)cc12. The van der Waals surface area contributed by atoms with Crippen LogP contribution in [-0.4, -0.2) is 23.2 Å². The number of hydrogen-bond donors (Lipinski definition) is 3. The van der Waals surface area contributed by atoms with Gasteiger partial charge in [0.15, 0.2) is 5.82 Å². The molecule has 7 heteroatoms. The van der Waals surface area contributed by atoms with Crippen LogP contribution in [-0.2, 0) is 10.1 Å². The Hall–Kier alpha value is -1.60. The molecule has 4 N–H and O–H groups in total. The molecule has 0 aliphatic heterocycles. The number of benzene rings is 1. The van der Waals surface area contributed by atoms with Crippen molar-refractivity contribution in [3.05, 3.63) is 18.2 Å². The average Bonchev–Trinajstić information content (AvgIpc) is 2.46.